The largest absolute Gasteiger partial charge is 0.390 e. The minimum Gasteiger partial charge on any atom is -0.390 e. The van der Waals surface area contributed by atoms with Crippen LogP contribution in [0.2, 0.25) is 0 Å². The van der Waals surface area contributed by atoms with E-state index >= 15 is 0 Å². The number of rotatable bonds is 6. The molecule has 20 heavy (non-hydrogen) atoms. The smallest absolute Gasteiger partial charge is 0.242 e. The van der Waals surface area contributed by atoms with E-state index < -0.39 is 10.0 Å². The molecule has 2 aromatic heterocycles. The van der Waals surface area contributed by atoms with Gasteiger partial charge in [-0.25, -0.2) is 13.1 Å². The molecule has 2 N–H and O–H groups in total. The zero-order valence-electron chi connectivity index (χ0n) is 11.5. The van der Waals surface area contributed by atoms with Crippen molar-refractivity contribution in [2.75, 3.05) is 0 Å². The summed E-state index contributed by atoms with van der Waals surface area (Å²) in [7, 11) is -3.55. The molecule has 0 fully saturated rings. The summed E-state index contributed by atoms with van der Waals surface area (Å²) in [6.45, 7) is 4.59. The lowest BCUT2D eigenvalue weighted by Gasteiger charge is -2.04. The molecule has 0 unspecified atom stereocenters. The van der Waals surface area contributed by atoms with Crippen molar-refractivity contribution in [3.8, 4) is 0 Å². The molecule has 0 saturated heterocycles. The van der Waals surface area contributed by atoms with Gasteiger partial charge in [0, 0.05) is 29.9 Å². The zero-order chi connectivity index (χ0) is 14.8. The fourth-order valence-electron chi connectivity index (χ4n) is 1.93. The fourth-order valence-corrected chi connectivity index (χ4v) is 3.92. The summed E-state index contributed by atoms with van der Waals surface area (Å²) in [6.07, 6.45) is 1.55. The van der Waals surface area contributed by atoms with Crippen molar-refractivity contribution in [1.82, 2.24) is 9.29 Å². The highest BCUT2D eigenvalue weighted by atomic mass is 32.2. The third-order valence-corrected chi connectivity index (χ3v) is 5.56. The van der Waals surface area contributed by atoms with Gasteiger partial charge < -0.3 is 9.67 Å². The summed E-state index contributed by atoms with van der Waals surface area (Å²) < 4.78 is 28.8. The first-order chi connectivity index (χ1) is 9.47. The first kappa shape index (κ1) is 15.2. The van der Waals surface area contributed by atoms with E-state index in [1.165, 1.54) is 17.4 Å². The molecule has 2 heterocycles. The van der Waals surface area contributed by atoms with Crippen LogP contribution < -0.4 is 4.72 Å². The number of nitrogens with one attached hydrogen (secondary N) is 1. The van der Waals surface area contributed by atoms with Crippen molar-refractivity contribution in [2.45, 2.75) is 38.4 Å². The van der Waals surface area contributed by atoms with Crippen LogP contribution in [-0.2, 0) is 29.7 Å². The standard InChI is InChI=1S/C13H18N2O3S2/c1-3-15-8-12(6-11(15)9-16)20(17,18)14-7-13-10(2)4-5-19-13/h4-6,8,14,16H,3,7,9H2,1-2H3. The highest BCUT2D eigenvalue weighted by molar-refractivity contribution is 7.89. The molecule has 0 saturated carbocycles. The van der Waals surface area contributed by atoms with Crippen molar-refractivity contribution in [2.24, 2.45) is 0 Å². The van der Waals surface area contributed by atoms with Gasteiger partial charge in [0.05, 0.1) is 11.5 Å². The summed E-state index contributed by atoms with van der Waals surface area (Å²) >= 11 is 1.53. The minimum absolute atomic E-state index is 0.173. The lowest BCUT2D eigenvalue weighted by molar-refractivity contribution is 0.271. The Kier molecular flexibility index (Phi) is 4.64. The Morgan fingerprint density at radius 3 is 2.70 bits per heavy atom. The molecule has 0 aliphatic rings. The van der Waals surface area contributed by atoms with Crippen LogP contribution in [0.25, 0.3) is 0 Å². The molecule has 0 radical (unpaired) electrons. The number of aliphatic hydroxyl groups excluding tert-OH is 1. The minimum atomic E-state index is -3.55. The Morgan fingerprint density at radius 2 is 2.20 bits per heavy atom. The van der Waals surface area contributed by atoms with E-state index in [-0.39, 0.29) is 18.0 Å². The molecule has 0 aliphatic carbocycles. The Morgan fingerprint density at radius 1 is 1.45 bits per heavy atom. The molecule has 0 bridgehead atoms. The lowest BCUT2D eigenvalue weighted by Crippen LogP contribution is -2.22. The Balaban J connectivity index is 2.18. The second-order valence-corrected chi connectivity index (χ2v) is 7.23. The van der Waals surface area contributed by atoms with Gasteiger partial charge in [-0.1, -0.05) is 0 Å². The van der Waals surface area contributed by atoms with Gasteiger partial charge in [0.15, 0.2) is 0 Å². The molecule has 0 aromatic carbocycles. The van der Waals surface area contributed by atoms with Crippen LogP contribution in [0.1, 0.15) is 23.1 Å². The molecule has 2 aromatic rings. The van der Waals surface area contributed by atoms with Crippen LogP contribution in [0, 0.1) is 6.92 Å². The van der Waals surface area contributed by atoms with E-state index in [0.717, 1.165) is 10.4 Å². The predicted octanol–water partition coefficient (Wildman–Crippen LogP) is 1.85. The third kappa shape index (κ3) is 3.12. The summed E-state index contributed by atoms with van der Waals surface area (Å²) in [5, 5.41) is 11.2. The van der Waals surface area contributed by atoms with Gasteiger partial charge in [-0.2, -0.15) is 0 Å². The van der Waals surface area contributed by atoms with Crippen LogP contribution >= 0.6 is 11.3 Å². The summed E-state index contributed by atoms with van der Waals surface area (Å²) in [6, 6.07) is 3.47. The molecule has 2 rings (SSSR count). The van der Waals surface area contributed by atoms with Gasteiger partial charge in [0.2, 0.25) is 10.0 Å². The molecule has 0 spiro atoms. The number of hydrogen-bond acceptors (Lipinski definition) is 4. The van der Waals surface area contributed by atoms with Crippen LogP contribution in [0.15, 0.2) is 28.6 Å². The second-order valence-electron chi connectivity index (χ2n) is 4.46. The summed E-state index contributed by atoms with van der Waals surface area (Å²) in [5.74, 6) is 0. The quantitative estimate of drug-likeness (QED) is 0.855. The summed E-state index contributed by atoms with van der Waals surface area (Å²) in [4.78, 5) is 1.20. The number of nitrogens with zero attached hydrogens (tertiary/aromatic N) is 1. The molecule has 110 valence electrons. The second kappa shape index (κ2) is 6.09. The van der Waals surface area contributed by atoms with E-state index in [1.54, 1.807) is 10.8 Å². The number of thiophene rings is 1. The Bertz CT molecular complexity index is 665. The van der Waals surface area contributed by atoms with Gasteiger partial charge >= 0.3 is 0 Å². The number of aryl methyl sites for hydroxylation is 2. The van der Waals surface area contributed by atoms with Crippen LogP contribution in [0.3, 0.4) is 0 Å². The van der Waals surface area contributed by atoms with Crippen LogP contribution in [-0.4, -0.2) is 18.1 Å². The van der Waals surface area contributed by atoms with E-state index in [9.17, 15) is 13.5 Å². The molecular weight excluding hydrogens is 296 g/mol. The first-order valence-corrected chi connectivity index (χ1v) is 8.66. The van der Waals surface area contributed by atoms with E-state index in [4.69, 9.17) is 0 Å². The van der Waals surface area contributed by atoms with Crippen LogP contribution in [0.5, 0.6) is 0 Å². The average molecular weight is 314 g/mol. The Hall–Kier alpha value is -1.15. The Labute approximate surface area is 122 Å². The van der Waals surface area contributed by atoms with Crippen molar-refractivity contribution >= 4 is 21.4 Å². The number of sulfonamides is 1. The fraction of sp³-hybridized carbons (Fsp3) is 0.385. The lowest BCUT2D eigenvalue weighted by atomic mass is 10.3. The van der Waals surface area contributed by atoms with Crippen molar-refractivity contribution in [1.29, 1.82) is 0 Å². The van der Waals surface area contributed by atoms with Gasteiger partial charge in [-0.05, 0) is 36.9 Å². The maximum absolute atomic E-state index is 12.2. The molecule has 7 heteroatoms. The van der Waals surface area contributed by atoms with Crippen molar-refractivity contribution in [3.05, 3.63) is 39.8 Å². The summed E-state index contributed by atoms with van der Waals surface area (Å²) in [5.41, 5.74) is 1.68. The number of aliphatic hydroxyl groups is 1. The van der Waals surface area contributed by atoms with Crippen molar-refractivity contribution in [3.63, 3.8) is 0 Å². The predicted molar refractivity (Wildman–Crippen MR) is 79.1 cm³/mol. The molecular formula is C13H18N2O3S2. The maximum atomic E-state index is 12.2. The van der Waals surface area contributed by atoms with Gasteiger partial charge in [0.1, 0.15) is 0 Å². The SMILES string of the molecule is CCn1cc(S(=O)(=O)NCc2sccc2C)cc1CO. The monoisotopic (exact) mass is 314 g/mol. The van der Waals surface area contributed by atoms with E-state index in [2.05, 4.69) is 4.72 Å². The van der Waals surface area contributed by atoms with E-state index in [0.29, 0.717) is 12.2 Å². The van der Waals surface area contributed by atoms with Gasteiger partial charge in [-0.15, -0.1) is 11.3 Å². The number of hydrogen-bond donors (Lipinski definition) is 2. The number of aromatic nitrogens is 1. The highest BCUT2D eigenvalue weighted by Gasteiger charge is 2.18. The topological polar surface area (TPSA) is 71.3 Å². The average Bonchev–Trinajstić information content (AvgIpc) is 3.02. The normalized spacial score (nSPS) is 11.9. The third-order valence-electron chi connectivity index (χ3n) is 3.16. The first-order valence-electron chi connectivity index (χ1n) is 6.30. The van der Waals surface area contributed by atoms with Crippen LogP contribution in [0.4, 0.5) is 0 Å². The highest BCUT2D eigenvalue weighted by Crippen LogP contribution is 2.18. The van der Waals surface area contributed by atoms with E-state index in [1.807, 2.05) is 25.3 Å². The molecule has 0 atom stereocenters. The zero-order valence-corrected chi connectivity index (χ0v) is 13.1. The molecule has 0 amide bonds. The van der Waals surface area contributed by atoms with Crippen molar-refractivity contribution < 1.29 is 13.5 Å². The maximum Gasteiger partial charge on any atom is 0.242 e. The van der Waals surface area contributed by atoms with Gasteiger partial charge in [0.25, 0.3) is 0 Å². The molecule has 0 aliphatic heterocycles. The van der Waals surface area contributed by atoms with Gasteiger partial charge in [-0.3, -0.25) is 0 Å². The molecule has 5 nitrogen and oxygen atoms in total.